The molecule has 4 heterocycles. The topological polar surface area (TPSA) is 55.6 Å². The van der Waals surface area contributed by atoms with E-state index in [1.807, 2.05) is 18.5 Å². The lowest BCUT2D eigenvalue weighted by Gasteiger charge is -2.25. The number of nitrogens with zero attached hydrogens (tertiary/aromatic N) is 4. The minimum atomic E-state index is 0.376. The molecule has 5 nitrogen and oxygen atoms in total. The minimum Gasteiger partial charge on any atom is -0.317 e. The molecule has 1 N–H and O–H groups in total. The normalized spacial score (nSPS) is 15.0. The molecule has 1 aliphatic rings. The lowest BCUT2D eigenvalue weighted by atomic mass is 10.0. The molecule has 0 spiro atoms. The molecule has 0 bridgehead atoms. The first-order chi connectivity index (χ1) is 15.4. The summed E-state index contributed by atoms with van der Waals surface area (Å²) in [7, 11) is 0. The molecule has 1 aliphatic heterocycles. The van der Waals surface area contributed by atoms with E-state index < -0.39 is 0 Å². The number of hydrogen-bond acceptors (Lipinski definition) is 4. The van der Waals surface area contributed by atoms with Crippen molar-refractivity contribution in [2.24, 2.45) is 0 Å². The molecule has 0 atom stereocenters. The van der Waals surface area contributed by atoms with Crippen molar-refractivity contribution in [3.8, 4) is 22.5 Å². The molecule has 0 amide bonds. The number of hydrogen-bond donors (Lipinski definition) is 1. The van der Waals surface area contributed by atoms with Gasteiger partial charge in [0.2, 0.25) is 0 Å². The van der Waals surface area contributed by atoms with E-state index in [0.717, 1.165) is 54.0 Å². The second-order valence-corrected chi connectivity index (χ2v) is 8.12. The summed E-state index contributed by atoms with van der Waals surface area (Å²) in [5.41, 5.74) is 5.22. The number of aromatic nitrogens is 4. The van der Waals surface area contributed by atoms with Gasteiger partial charge in [0.05, 0.1) is 0 Å². The van der Waals surface area contributed by atoms with Crippen molar-refractivity contribution < 1.29 is 0 Å². The molecule has 6 rings (SSSR count). The van der Waals surface area contributed by atoms with Crippen molar-refractivity contribution in [3.05, 3.63) is 79.3 Å². The van der Waals surface area contributed by atoms with E-state index in [9.17, 15) is 0 Å². The van der Waals surface area contributed by atoms with Gasteiger partial charge in [-0.15, -0.1) is 0 Å². The Balaban J connectivity index is 1.59. The number of rotatable bonds is 3. The molecule has 5 heteroatoms. The summed E-state index contributed by atoms with van der Waals surface area (Å²) in [4.78, 5) is 14.3. The zero-order valence-corrected chi connectivity index (χ0v) is 17.2. The Bertz CT molecular complexity index is 1370. The second-order valence-electron chi connectivity index (χ2n) is 8.12. The van der Waals surface area contributed by atoms with E-state index in [-0.39, 0.29) is 0 Å². The predicted molar refractivity (Wildman–Crippen MR) is 125 cm³/mol. The standard InChI is InChI=1S/C26H23N5/c1-2-5-19-16-20(8-7-18(19)4-1)23-11-15-29-26-24(23)30-25(21-6-3-12-28-17-21)31(26)22-9-13-27-14-10-22/h1-8,11-12,15-17,22,27H,9-10,13-14H2. The number of piperidine rings is 1. The fraction of sp³-hybridized carbons (Fsp3) is 0.192. The summed E-state index contributed by atoms with van der Waals surface area (Å²) in [6.07, 6.45) is 7.76. The summed E-state index contributed by atoms with van der Waals surface area (Å²) in [5, 5.41) is 5.95. The van der Waals surface area contributed by atoms with Crippen molar-refractivity contribution >= 4 is 21.9 Å². The first-order valence-corrected chi connectivity index (χ1v) is 10.9. The fourth-order valence-electron chi connectivity index (χ4n) is 4.69. The molecule has 152 valence electrons. The third-order valence-corrected chi connectivity index (χ3v) is 6.23. The molecule has 1 saturated heterocycles. The van der Waals surface area contributed by atoms with E-state index in [1.165, 1.54) is 16.3 Å². The van der Waals surface area contributed by atoms with Gasteiger partial charge in [-0.25, -0.2) is 9.97 Å². The number of benzene rings is 2. The Morgan fingerprint density at radius 3 is 2.55 bits per heavy atom. The minimum absolute atomic E-state index is 0.376. The lowest BCUT2D eigenvalue weighted by molar-refractivity contribution is 0.376. The number of nitrogens with one attached hydrogen (secondary N) is 1. The third kappa shape index (κ3) is 3.18. The van der Waals surface area contributed by atoms with Crippen molar-refractivity contribution in [2.45, 2.75) is 18.9 Å². The third-order valence-electron chi connectivity index (χ3n) is 6.23. The molecule has 5 aromatic rings. The van der Waals surface area contributed by atoms with Gasteiger partial charge < -0.3 is 9.88 Å². The summed E-state index contributed by atoms with van der Waals surface area (Å²) >= 11 is 0. The van der Waals surface area contributed by atoms with Gasteiger partial charge in [-0.2, -0.15) is 0 Å². The van der Waals surface area contributed by atoms with Gasteiger partial charge in [0.1, 0.15) is 11.3 Å². The highest BCUT2D eigenvalue weighted by Gasteiger charge is 2.24. The summed E-state index contributed by atoms with van der Waals surface area (Å²) in [6.45, 7) is 2.03. The molecule has 2 aromatic carbocycles. The zero-order valence-electron chi connectivity index (χ0n) is 17.2. The van der Waals surface area contributed by atoms with Gasteiger partial charge in [0, 0.05) is 35.8 Å². The Kier molecular flexibility index (Phi) is 4.47. The average Bonchev–Trinajstić information content (AvgIpc) is 3.25. The van der Waals surface area contributed by atoms with Crippen LogP contribution in [0.25, 0.3) is 44.5 Å². The van der Waals surface area contributed by atoms with Crippen LogP contribution in [0.5, 0.6) is 0 Å². The molecule has 31 heavy (non-hydrogen) atoms. The monoisotopic (exact) mass is 405 g/mol. The molecule has 0 radical (unpaired) electrons. The summed E-state index contributed by atoms with van der Waals surface area (Å²) < 4.78 is 2.34. The summed E-state index contributed by atoms with van der Waals surface area (Å²) in [6, 6.07) is 21.6. The van der Waals surface area contributed by atoms with Crippen LogP contribution < -0.4 is 5.32 Å². The van der Waals surface area contributed by atoms with Crippen LogP contribution in [0.4, 0.5) is 0 Å². The van der Waals surface area contributed by atoms with Gasteiger partial charge in [-0.05, 0) is 66.5 Å². The van der Waals surface area contributed by atoms with Gasteiger partial charge in [-0.1, -0.05) is 36.4 Å². The van der Waals surface area contributed by atoms with Gasteiger partial charge in [0.25, 0.3) is 0 Å². The molecule has 1 fully saturated rings. The van der Waals surface area contributed by atoms with E-state index >= 15 is 0 Å². The summed E-state index contributed by atoms with van der Waals surface area (Å²) in [5.74, 6) is 0.954. The van der Waals surface area contributed by atoms with Crippen molar-refractivity contribution in [1.29, 1.82) is 0 Å². The molecule has 3 aromatic heterocycles. The van der Waals surface area contributed by atoms with Crippen LogP contribution in [0.1, 0.15) is 18.9 Å². The largest absolute Gasteiger partial charge is 0.317 e. The first kappa shape index (κ1) is 18.2. The zero-order chi connectivity index (χ0) is 20.6. The van der Waals surface area contributed by atoms with E-state index in [0.29, 0.717) is 6.04 Å². The molecular weight excluding hydrogens is 382 g/mol. The quantitative estimate of drug-likeness (QED) is 0.446. The van der Waals surface area contributed by atoms with E-state index in [4.69, 9.17) is 9.97 Å². The van der Waals surface area contributed by atoms with Crippen LogP contribution in [0.2, 0.25) is 0 Å². The van der Waals surface area contributed by atoms with E-state index in [2.05, 4.69) is 69.5 Å². The van der Waals surface area contributed by atoms with Crippen molar-refractivity contribution in [3.63, 3.8) is 0 Å². The molecule has 0 saturated carbocycles. The molecule has 0 unspecified atom stereocenters. The first-order valence-electron chi connectivity index (χ1n) is 10.9. The maximum absolute atomic E-state index is 5.15. The van der Waals surface area contributed by atoms with Crippen LogP contribution >= 0.6 is 0 Å². The number of imidazole rings is 1. The highest BCUT2D eigenvalue weighted by atomic mass is 15.2. The van der Waals surface area contributed by atoms with Crippen LogP contribution in [0, 0.1) is 0 Å². The predicted octanol–water partition coefficient (Wildman–Crippen LogP) is 5.24. The highest BCUT2D eigenvalue weighted by Crippen LogP contribution is 2.35. The van der Waals surface area contributed by atoms with Crippen LogP contribution in [-0.2, 0) is 0 Å². The van der Waals surface area contributed by atoms with Gasteiger partial charge in [-0.3, -0.25) is 4.98 Å². The van der Waals surface area contributed by atoms with Crippen molar-refractivity contribution in [1.82, 2.24) is 24.8 Å². The Hall–Kier alpha value is -3.57. The average molecular weight is 406 g/mol. The number of fused-ring (bicyclic) bond motifs is 2. The second kappa shape index (κ2) is 7.60. The van der Waals surface area contributed by atoms with Crippen LogP contribution in [-0.4, -0.2) is 32.6 Å². The van der Waals surface area contributed by atoms with Crippen LogP contribution in [0.15, 0.2) is 79.3 Å². The fourth-order valence-corrected chi connectivity index (χ4v) is 4.69. The molecular formula is C26H23N5. The lowest BCUT2D eigenvalue weighted by Crippen LogP contribution is -2.29. The Morgan fingerprint density at radius 2 is 1.71 bits per heavy atom. The van der Waals surface area contributed by atoms with E-state index in [1.54, 1.807) is 6.20 Å². The maximum Gasteiger partial charge on any atom is 0.161 e. The highest BCUT2D eigenvalue weighted by molar-refractivity contribution is 5.95. The maximum atomic E-state index is 5.15. The smallest absolute Gasteiger partial charge is 0.161 e. The Labute approximate surface area is 180 Å². The SMILES string of the molecule is c1cncc(-c2nc3c(-c4ccc5ccccc5c4)ccnc3n2C2CCNCC2)c1. The van der Waals surface area contributed by atoms with Crippen molar-refractivity contribution in [2.75, 3.05) is 13.1 Å². The molecule has 0 aliphatic carbocycles. The van der Waals surface area contributed by atoms with Crippen LogP contribution in [0.3, 0.4) is 0 Å². The van der Waals surface area contributed by atoms with Gasteiger partial charge >= 0.3 is 0 Å². The Morgan fingerprint density at radius 1 is 0.839 bits per heavy atom. The van der Waals surface area contributed by atoms with Gasteiger partial charge in [0.15, 0.2) is 5.65 Å². The number of pyridine rings is 2.